The van der Waals surface area contributed by atoms with Gasteiger partial charge in [-0.2, -0.15) is 18.3 Å². The van der Waals surface area contributed by atoms with Crippen molar-refractivity contribution in [2.24, 2.45) is 4.99 Å². The van der Waals surface area contributed by atoms with Gasteiger partial charge in [0.05, 0.1) is 23.8 Å². The molecule has 1 aliphatic rings. The predicted octanol–water partition coefficient (Wildman–Crippen LogP) is 4.54. The molecule has 1 atom stereocenters. The molecule has 2 aromatic carbocycles. The normalized spacial score (nSPS) is 17.4. The number of alkyl halides is 3. The summed E-state index contributed by atoms with van der Waals surface area (Å²) in [5.41, 5.74) is 0.617. The number of amidine groups is 1. The van der Waals surface area contributed by atoms with Gasteiger partial charge in [-0.3, -0.25) is 9.48 Å². The Morgan fingerprint density at radius 2 is 2.06 bits per heavy atom. The molecule has 4 rings (SSSR count). The number of aromatic nitrogens is 2. The van der Waals surface area contributed by atoms with Crippen molar-refractivity contribution in [3.63, 3.8) is 0 Å². The minimum absolute atomic E-state index is 0.00679. The van der Waals surface area contributed by atoms with E-state index < -0.39 is 23.9 Å². The second-order valence-corrected chi connectivity index (χ2v) is 9.08. The zero-order valence-electron chi connectivity index (χ0n) is 17.6. The predicted molar refractivity (Wildman–Crippen MR) is 125 cm³/mol. The molecule has 12 heteroatoms. The molecule has 0 saturated carbocycles. The summed E-state index contributed by atoms with van der Waals surface area (Å²) < 4.78 is 41.8. The number of rotatable bonds is 5. The van der Waals surface area contributed by atoms with E-state index in [4.69, 9.17) is 16.7 Å². The molecule has 2 heterocycles. The van der Waals surface area contributed by atoms with Crippen molar-refractivity contribution in [1.82, 2.24) is 14.7 Å². The summed E-state index contributed by atoms with van der Waals surface area (Å²) in [4.78, 5) is 16.9. The maximum Gasteiger partial charge on any atom is 0.416 e. The Bertz CT molecular complexity index is 1320. The molecule has 1 aromatic heterocycles. The van der Waals surface area contributed by atoms with Gasteiger partial charge in [0.15, 0.2) is 11.4 Å². The number of fused-ring (bicyclic) bond motifs is 1. The summed E-state index contributed by atoms with van der Waals surface area (Å²) >= 11 is 6.93. The van der Waals surface area contributed by atoms with Crippen LogP contribution in [0.1, 0.15) is 16.7 Å². The van der Waals surface area contributed by atoms with Crippen LogP contribution in [-0.2, 0) is 17.5 Å². The summed E-state index contributed by atoms with van der Waals surface area (Å²) in [6.07, 6.45) is -2.37. The lowest BCUT2D eigenvalue weighted by Crippen LogP contribution is -2.29. The minimum atomic E-state index is -4.54. The summed E-state index contributed by atoms with van der Waals surface area (Å²) in [6.45, 7) is -0.335. The molecule has 34 heavy (non-hydrogen) atoms. The number of aliphatic hydroxyl groups is 1. The molecule has 1 aliphatic heterocycles. The highest BCUT2D eigenvalue weighted by atomic mass is 35.5. The second kappa shape index (κ2) is 9.32. The number of likely N-dealkylation sites (N-methyl/N-ethyl adjacent to an activating group) is 1. The number of halogens is 4. The van der Waals surface area contributed by atoms with E-state index >= 15 is 0 Å². The van der Waals surface area contributed by atoms with E-state index in [1.165, 1.54) is 33.5 Å². The monoisotopic (exact) mass is 510 g/mol. The smallest absolute Gasteiger partial charge is 0.416 e. The molecule has 2 N–H and O–H groups in total. The lowest BCUT2D eigenvalue weighted by atomic mass is 10.1. The maximum absolute atomic E-state index is 13.4. The molecule has 0 radical (unpaired) electrons. The second-order valence-electron chi connectivity index (χ2n) is 7.60. The number of hydrogen-bond acceptors (Lipinski definition) is 6. The molecule has 0 saturated heterocycles. The Morgan fingerprint density at radius 3 is 2.76 bits per heavy atom. The van der Waals surface area contributed by atoms with Gasteiger partial charge in [0.2, 0.25) is 0 Å². The average molecular weight is 511 g/mol. The first-order valence-corrected chi connectivity index (χ1v) is 11.1. The van der Waals surface area contributed by atoms with Gasteiger partial charge in [0.1, 0.15) is 6.54 Å². The van der Waals surface area contributed by atoms with Crippen LogP contribution in [0.15, 0.2) is 52.5 Å². The maximum atomic E-state index is 13.4. The fourth-order valence-corrected chi connectivity index (χ4v) is 4.61. The molecule has 0 spiro atoms. The van der Waals surface area contributed by atoms with Crippen molar-refractivity contribution < 1.29 is 28.2 Å². The third-order valence-electron chi connectivity index (χ3n) is 5.07. The van der Waals surface area contributed by atoms with Crippen LogP contribution in [0.5, 0.6) is 0 Å². The molecular weight excluding hydrogens is 493 g/mol. The number of hydrogen-bond donors (Lipinski definition) is 2. The third kappa shape index (κ3) is 5.21. The molecular formula is C22H18ClF3N4O3S. The first kappa shape index (κ1) is 24.1. The number of nitrogens with zero attached hydrogens (tertiary/aromatic N) is 4. The number of aliphatic imine (C=N–C) groups is 1. The zero-order valence-corrected chi connectivity index (χ0v) is 19.2. The summed E-state index contributed by atoms with van der Waals surface area (Å²) in [7, 11) is 1.57. The van der Waals surface area contributed by atoms with Crippen molar-refractivity contribution in [1.29, 1.82) is 0 Å². The minimum Gasteiger partial charge on any atom is -0.480 e. The van der Waals surface area contributed by atoms with Crippen molar-refractivity contribution in [2.45, 2.75) is 18.9 Å². The number of thioether (sulfide) groups is 1. The summed E-state index contributed by atoms with van der Waals surface area (Å²) in [5.74, 6) is -1.01. The van der Waals surface area contributed by atoms with Crippen molar-refractivity contribution in [3.8, 4) is 0 Å². The average Bonchev–Trinajstić information content (AvgIpc) is 3.31. The lowest BCUT2D eigenvalue weighted by molar-refractivity contribution is -0.138. The summed E-state index contributed by atoms with van der Waals surface area (Å²) in [5, 5.41) is 24.5. The lowest BCUT2D eigenvalue weighted by Gasteiger charge is -2.14. The zero-order chi connectivity index (χ0) is 24.6. The fraction of sp³-hybridized carbons (Fsp3) is 0.227. The molecule has 0 amide bonds. The SMILES string of the molecule is CN(CC(=O)O)C1=NC(O)C(=Cc2ccc3c(cnn3Cc3ccc(Cl)cc3C(F)(F)F)c2)S1. The van der Waals surface area contributed by atoms with Gasteiger partial charge in [-0.1, -0.05) is 35.5 Å². The molecule has 0 aliphatic carbocycles. The van der Waals surface area contributed by atoms with Gasteiger partial charge in [0.25, 0.3) is 0 Å². The van der Waals surface area contributed by atoms with E-state index in [0.29, 0.717) is 21.0 Å². The quantitative estimate of drug-likeness (QED) is 0.524. The largest absolute Gasteiger partial charge is 0.480 e. The fourth-order valence-electron chi connectivity index (χ4n) is 3.50. The van der Waals surface area contributed by atoms with Crippen LogP contribution in [-0.4, -0.2) is 55.9 Å². The number of carboxylic acid groups (broad SMARTS) is 1. The number of aliphatic hydroxyl groups excluding tert-OH is 1. The van der Waals surface area contributed by atoms with Crippen LogP contribution in [0.4, 0.5) is 13.2 Å². The van der Waals surface area contributed by atoms with Gasteiger partial charge in [0, 0.05) is 22.4 Å². The van der Waals surface area contributed by atoms with Crippen LogP contribution < -0.4 is 0 Å². The van der Waals surface area contributed by atoms with Crippen molar-refractivity contribution in [2.75, 3.05) is 13.6 Å². The van der Waals surface area contributed by atoms with Crippen molar-refractivity contribution in [3.05, 3.63) is 69.2 Å². The molecule has 3 aromatic rings. The number of carbonyl (C=O) groups is 1. The first-order chi connectivity index (χ1) is 16.0. The Balaban J connectivity index is 1.57. The van der Waals surface area contributed by atoms with E-state index in [2.05, 4.69) is 10.1 Å². The Labute approximate surface area is 201 Å². The van der Waals surface area contributed by atoms with Crippen LogP contribution >= 0.6 is 23.4 Å². The van der Waals surface area contributed by atoms with Crippen LogP contribution in [0, 0.1) is 0 Å². The molecule has 1 unspecified atom stereocenters. The van der Waals surface area contributed by atoms with Crippen molar-refractivity contribution >= 4 is 51.5 Å². The topological polar surface area (TPSA) is 91.0 Å². The number of benzene rings is 2. The Hall–Kier alpha value is -3.02. The van der Waals surface area contributed by atoms with E-state index in [1.807, 2.05) is 0 Å². The molecule has 0 bridgehead atoms. The van der Waals surface area contributed by atoms with Crippen LogP contribution in [0.2, 0.25) is 5.02 Å². The highest BCUT2D eigenvalue weighted by Gasteiger charge is 2.33. The van der Waals surface area contributed by atoms with E-state index in [-0.39, 0.29) is 23.7 Å². The highest BCUT2D eigenvalue weighted by Crippen LogP contribution is 2.35. The van der Waals surface area contributed by atoms with Gasteiger partial charge in [-0.05, 0) is 41.5 Å². The van der Waals surface area contributed by atoms with Gasteiger partial charge < -0.3 is 15.1 Å². The van der Waals surface area contributed by atoms with E-state index in [1.54, 1.807) is 37.5 Å². The van der Waals surface area contributed by atoms with Gasteiger partial charge >= 0.3 is 12.1 Å². The standard InChI is InChI=1S/C22H18ClF3N4O3S/c1-29(11-19(31)32)21-28-20(33)18(34-21)7-12-2-5-17-14(6-12)9-27-30(17)10-13-3-4-15(23)8-16(13)22(24,25)26/h2-9,20,33H,10-11H2,1H3,(H,31,32). The highest BCUT2D eigenvalue weighted by molar-refractivity contribution is 8.17. The first-order valence-electron chi connectivity index (χ1n) is 9.90. The molecule has 7 nitrogen and oxygen atoms in total. The number of carboxylic acids is 1. The van der Waals surface area contributed by atoms with Crippen LogP contribution in [0.25, 0.3) is 17.0 Å². The molecule has 178 valence electrons. The van der Waals surface area contributed by atoms with E-state index in [9.17, 15) is 23.1 Å². The number of aliphatic carboxylic acids is 1. The third-order valence-corrected chi connectivity index (χ3v) is 6.47. The molecule has 0 fully saturated rings. The summed E-state index contributed by atoms with van der Waals surface area (Å²) in [6, 6.07) is 8.95. The van der Waals surface area contributed by atoms with Gasteiger partial charge in [-0.25, -0.2) is 4.99 Å². The Morgan fingerprint density at radius 1 is 1.29 bits per heavy atom. The Kier molecular flexibility index (Phi) is 6.61. The van der Waals surface area contributed by atoms with Crippen LogP contribution in [0.3, 0.4) is 0 Å². The van der Waals surface area contributed by atoms with E-state index in [0.717, 1.165) is 11.6 Å². The van der Waals surface area contributed by atoms with Gasteiger partial charge in [-0.15, -0.1) is 0 Å².